The molecular formula is C15H20N4O2. The third kappa shape index (κ3) is 2.85. The number of nitrogens with zero attached hydrogens (tertiary/aromatic N) is 4. The minimum atomic E-state index is 0.745. The Morgan fingerprint density at radius 2 is 1.95 bits per heavy atom. The zero-order valence-electron chi connectivity index (χ0n) is 12.7. The van der Waals surface area contributed by atoms with Gasteiger partial charge in [-0.1, -0.05) is 5.16 Å². The molecule has 1 aliphatic rings. The van der Waals surface area contributed by atoms with E-state index in [1.807, 2.05) is 24.2 Å². The fraction of sp³-hybridized carbons (Fsp3) is 0.467. The number of aromatic nitrogens is 2. The third-order valence-electron chi connectivity index (χ3n) is 3.66. The Labute approximate surface area is 124 Å². The molecule has 3 rings (SSSR count). The summed E-state index contributed by atoms with van der Waals surface area (Å²) in [5.41, 5.74) is 3.32. The van der Waals surface area contributed by atoms with Gasteiger partial charge in [-0.25, -0.2) is 0 Å². The van der Waals surface area contributed by atoms with Gasteiger partial charge in [-0.2, -0.15) is 5.10 Å². The number of aryl methyl sites for hydroxylation is 2. The first-order valence-electron chi connectivity index (χ1n) is 7.14. The van der Waals surface area contributed by atoms with Crippen LogP contribution in [0.5, 0.6) is 0 Å². The van der Waals surface area contributed by atoms with Crippen molar-refractivity contribution in [2.75, 3.05) is 26.3 Å². The molecule has 1 aliphatic heterocycles. The van der Waals surface area contributed by atoms with Gasteiger partial charge in [-0.05, 0) is 26.8 Å². The van der Waals surface area contributed by atoms with E-state index in [-0.39, 0.29) is 0 Å². The van der Waals surface area contributed by atoms with E-state index in [4.69, 9.17) is 9.26 Å². The number of rotatable bonds is 3. The highest BCUT2D eigenvalue weighted by molar-refractivity contribution is 5.81. The van der Waals surface area contributed by atoms with Crippen LogP contribution in [-0.2, 0) is 4.74 Å². The van der Waals surface area contributed by atoms with Gasteiger partial charge in [0.1, 0.15) is 5.76 Å². The van der Waals surface area contributed by atoms with Crippen molar-refractivity contribution in [2.45, 2.75) is 20.8 Å². The number of ether oxygens (including phenoxy) is 1. The van der Waals surface area contributed by atoms with E-state index in [2.05, 4.69) is 34.7 Å². The summed E-state index contributed by atoms with van der Waals surface area (Å²) in [6.45, 7) is 9.20. The molecule has 0 spiro atoms. The van der Waals surface area contributed by atoms with Crippen LogP contribution >= 0.6 is 0 Å². The molecule has 0 atom stereocenters. The first-order valence-corrected chi connectivity index (χ1v) is 7.14. The summed E-state index contributed by atoms with van der Waals surface area (Å²) in [4.78, 5) is 0. The Kier molecular flexibility index (Phi) is 3.79. The lowest BCUT2D eigenvalue weighted by atomic mass is 10.3. The number of hydrogen-bond donors (Lipinski definition) is 0. The molecule has 21 heavy (non-hydrogen) atoms. The van der Waals surface area contributed by atoms with Crippen LogP contribution in [0, 0.1) is 20.8 Å². The molecule has 0 radical (unpaired) electrons. The zero-order chi connectivity index (χ0) is 14.8. The molecule has 0 aromatic carbocycles. The molecule has 6 nitrogen and oxygen atoms in total. The van der Waals surface area contributed by atoms with E-state index < -0.39 is 0 Å². The maximum atomic E-state index is 5.32. The zero-order valence-corrected chi connectivity index (χ0v) is 12.7. The summed E-state index contributed by atoms with van der Waals surface area (Å²) in [6.07, 6.45) is 1.91. The van der Waals surface area contributed by atoms with Crippen LogP contribution in [0.2, 0.25) is 0 Å². The second kappa shape index (κ2) is 5.73. The average molecular weight is 288 g/mol. The fourth-order valence-corrected chi connectivity index (χ4v) is 2.54. The van der Waals surface area contributed by atoms with Gasteiger partial charge in [0, 0.05) is 23.0 Å². The van der Waals surface area contributed by atoms with Gasteiger partial charge < -0.3 is 9.26 Å². The molecule has 0 bridgehead atoms. The summed E-state index contributed by atoms with van der Waals surface area (Å²) >= 11 is 0. The molecule has 2 aromatic heterocycles. The first kappa shape index (κ1) is 13.9. The first-order chi connectivity index (χ1) is 10.1. The van der Waals surface area contributed by atoms with Crippen LogP contribution in [0.3, 0.4) is 0 Å². The fourth-order valence-electron chi connectivity index (χ4n) is 2.54. The molecular weight excluding hydrogens is 268 g/mol. The van der Waals surface area contributed by atoms with E-state index in [1.165, 1.54) is 0 Å². The van der Waals surface area contributed by atoms with Crippen LogP contribution in [0.1, 0.15) is 22.7 Å². The van der Waals surface area contributed by atoms with Crippen LogP contribution in [-0.4, -0.2) is 47.3 Å². The van der Waals surface area contributed by atoms with Crippen LogP contribution in [0.4, 0.5) is 0 Å². The molecule has 1 saturated heterocycles. The highest BCUT2D eigenvalue weighted by Gasteiger charge is 2.13. The molecule has 0 N–H and O–H groups in total. The summed E-state index contributed by atoms with van der Waals surface area (Å²) in [7, 11) is 0. The van der Waals surface area contributed by atoms with Crippen molar-refractivity contribution in [1.82, 2.24) is 14.7 Å². The highest BCUT2D eigenvalue weighted by atomic mass is 16.5. The van der Waals surface area contributed by atoms with E-state index in [1.54, 1.807) is 0 Å². The van der Waals surface area contributed by atoms with Crippen molar-refractivity contribution < 1.29 is 9.26 Å². The van der Waals surface area contributed by atoms with E-state index in [0.717, 1.165) is 54.8 Å². The molecule has 112 valence electrons. The van der Waals surface area contributed by atoms with E-state index in [9.17, 15) is 0 Å². The number of morpholine rings is 1. The van der Waals surface area contributed by atoms with Gasteiger partial charge >= 0.3 is 0 Å². The number of hydrazone groups is 1. The Morgan fingerprint density at radius 1 is 1.19 bits per heavy atom. The minimum Gasteiger partial charge on any atom is -0.378 e. The second-order valence-electron chi connectivity index (χ2n) is 5.27. The van der Waals surface area contributed by atoms with Crippen molar-refractivity contribution in [3.8, 4) is 5.82 Å². The van der Waals surface area contributed by atoms with Crippen LogP contribution in [0.15, 0.2) is 21.8 Å². The summed E-state index contributed by atoms with van der Waals surface area (Å²) in [5.74, 6) is 1.62. The summed E-state index contributed by atoms with van der Waals surface area (Å²) in [5, 5.41) is 10.7. The van der Waals surface area contributed by atoms with Gasteiger partial charge in [-0.15, -0.1) is 0 Å². The van der Waals surface area contributed by atoms with Gasteiger partial charge in [-0.3, -0.25) is 9.58 Å². The molecule has 3 heterocycles. The quantitative estimate of drug-likeness (QED) is 0.811. The molecule has 0 unspecified atom stereocenters. The smallest absolute Gasteiger partial charge is 0.180 e. The molecule has 0 aliphatic carbocycles. The maximum Gasteiger partial charge on any atom is 0.180 e. The Morgan fingerprint density at radius 3 is 2.62 bits per heavy atom. The van der Waals surface area contributed by atoms with Gasteiger partial charge in [0.05, 0.1) is 32.5 Å². The van der Waals surface area contributed by atoms with Crippen molar-refractivity contribution >= 4 is 6.21 Å². The van der Waals surface area contributed by atoms with Crippen molar-refractivity contribution in [1.29, 1.82) is 0 Å². The molecule has 2 aromatic rings. The van der Waals surface area contributed by atoms with Gasteiger partial charge in [0.15, 0.2) is 5.82 Å². The SMILES string of the molecule is Cc1cc(-n2c(C)cc(/C=N\N3CCOCC3)c2C)no1. The van der Waals surface area contributed by atoms with Gasteiger partial charge in [0.2, 0.25) is 0 Å². The maximum absolute atomic E-state index is 5.32. The van der Waals surface area contributed by atoms with E-state index >= 15 is 0 Å². The lowest BCUT2D eigenvalue weighted by Crippen LogP contribution is -2.32. The average Bonchev–Trinajstić information content (AvgIpc) is 3.01. The van der Waals surface area contributed by atoms with Crippen LogP contribution in [0.25, 0.3) is 5.82 Å². The second-order valence-corrected chi connectivity index (χ2v) is 5.27. The molecule has 0 amide bonds. The van der Waals surface area contributed by atoms with Crippen molar-refractivity contribution in [3.63, 3.8) is 0 Å². The summed E-state index contributed by atoms with van der Waals surface area (Å²) in [6, 6.07) is 4.05. The predicted octanol–water partition coefficient (Wildman–Crippen LogP) is 2.06. The van der Waals surface area contributed by atoms with Gasteiger partial charge in [0.25, 0.3) is 0 Å². The topological polar surface area (TPSA) is 55.8 Å². The lowest BCUT2D eigenvalue weighted by molar-refractivity contribution is 0.0397. The van der Waals surface area contributed by atoms with Crippen LogP contribution < -0.4 is 0 Å². The Hall–Kier alpha value is -2.08. The lowest BCUT2D eigenvalue weighted by Gasteiger charge is -2.23. The third-order valence-corrected chi connectivity index (χ3v) is 3.66. The Balaban J connectivity index is 1.85. The molecule has 0 saturated carbocycles. The van der Waals surface area contributed by atoms with Crippen molar-refractivity contribution in [3.05, 3.63) is 34.8 Å². The predicted molar refractivity (Wildman–Crippen MR) is 80.0 cm³/mol. The molecule has 1 fully saturated rings. The number of hydrogen-bond acceptors (Lipinski definition) is 5. The normalized spacial score (nSPS) is 16.0. The minimum absolute atomic E-state index is 0.745. The monoisotopic (exact) mass is 288 g/mol. The Bertz CT molecular complexity index is 651. The molecule has 6 heteroatoms. The highest BCUT2D eigenvalue weighted by Crippen LogP contribution is 2.19. The summed E-state index contributed by atoms with van der Waals surface area (Å²) < 4.78 is 12.6. The van der Waals surface area contributed by atoms with Crippen molar-refractivity contribution in [2.24, 2.45) is 5.10 Å². The largest absolute Gasteiger partial charge is 0.378 e. The standard InChI is InChI=1S/C15H20N4O2/c1-11-8-14(10-16-18-4-6-20-7-5-18)13(3)19(11)15-9-12(2)21-17-15/h8-10H,4-7H2,1-3H3/b16-10-. The van der Waals surface area contributed by atoms with E-state index in [0.29, 0.717) is 0 Å².